The molecule has 1 saturated heterocycles. The van der Waals surface area contributed by atoms with Crippen LogP contribution in [0.15, 0.2) is 36.5 Å². The van der Waals surface area contributed by atoms with E-state index in [9.17, 15) is 14.8 Å². The number of benzene rings is 2. The van der Waals surface area contributed by atoms with Crippen molar-refractivity contribution < 1.29 is 14.2 Å². The molecule has 2 N–H and O–H groups in total. The van der Waals surface area contributed by atoms with Crippen LogP contribution in [0.2, 0.25) is 5.02 Å². The van der Waals surface area contributed by atoms with E-state index in [2.05, 4.69) is 16.4 Å². The topological polar surface area (TPSA) is 81.4 Å². The molecule has 0 radical (unpaired) electrons. The maximum absolute atomic E-state index is 13.4. The molecule has 154 valence electrons. The molecule has 0 amide bonds. The van der Waals surface area contributed by atoms with Gasteiger partial charge < -0.3 is 20.1 Å². The first-order chi connectivity index (χ1) is 14.5. The number of rotatable bonds is 6. The lowest BCUT2D eigenvalue weighted by Crippen LogP contribution is -2.48. The molecule has 4 rings (SSSR count). The highest BCUT2D eigenvalue weighted by Crippen LogP contribution is 2.36. The van der Waals surface area contributed by atoms with Crippen LogP contribution in [-0.4, -0.2) is 36.5 Å². The number of hydrogen-bond donors (Lipinski definition) is 2. The fourth-order valence-corrected chi connectivity index (χ4v) is 3.87. The van der Waals surface area contributed by atoms with Crippen molar-refractivity contribution in [2.45, 2.75) is 19.3 Å². The number of pyridine rings is 1. The average Bonchev–Trinajstić information content (AvgIpc) is 2.74. The van der Waals surface area contributed by atoms with E-state index in [-0.39, 0.29) is 19.7 Å². The molecule has 0 bridgehead atoms. The summed E-state index contributed by atoms with van der Waals surface area (Å²) in [5.41, 5.74) is 4.05. The third-order valence-corrected chi connectivity index (χ3v) is 5.49. The second-order valence-corrected chi connectivity index (χ2v) is 7.55. The number of nitrogens with one attached hydrogen (secondary N) is 1. The molecule has 0 saturated carbocycles. The first-order valence-electron chi connectivity index (χ1n) is 9.46. The van der Waals surface area contributed by atoms with Gasteiger partial charge in [-0.15, -0.1) is 0 Å². The summed E-state index contributed by atoms with van der Waals surface area (Å²) in [6, 6.07) is 11.1. The zero-order chi connectivity index (χ0) is 21.3. The summed E-state index contributed by atoms with van der Waals surface area (Å²) in [5, 5.41) is 23.9. The average molecular weight is 426 g/mol. The normalized spacial score (nSPS) is 13.8. The Morgan fingerprint density at radius 3 is 2.80 bits per heavy atom. The number of anilines is 2. The molecule has 0 aliphatic carbocycles. The third kappa shape index (κ3) is 3.72. The zero-order valence-corrected chi connectivity index (χ0v) is 17.1. The van der Waals surface area contributed by atoms with Crippen molar-refractivity contribution >= 4 is 33.9 Å². The highest BCUT2D eigenvalue weighted by Gasteiger charge is 2.29. The first kappa shape index (κ1) is 20.2. The van der Waals surface area contributed by atoms with E-state index in [1.165, 1.54) is 0 Å². The molecule has 1 aliphatic rings. The summed E-state index contributed by atoms with van der Waals surface area (Å²) in [5.74, 6) is 0.592. The van der Waals surface area contributed by atoms with Gasteiger partial charge in [0.2, 0.25) is 0 Å². The number of hydrogen-bond acceptors (Lipinski definition) is 6. The van der Waals surface area contributed by atoms with Crippen molar-refractivity contribution in [3.8, 4) is 11.8 Å². The van der Waals surface area contributed by atoms with E-state index < -0.39 is 6.17 Å². The monoisotopic (exact) mass is 425 g/mol. The van der Waals surface area contributed by atoms with Gasteiger partial charge in [-0.05, 0) is 29.8 Å². The molecule has 2 heterocycles. The van der Waals surface area contributed by atoms with Crippen LogP contribution in [0.4, 0.5) is 15.8 Å². The van der Waals surface area contributed by atoms with Crippen LogP contribution in [-0.2, 0) is 13.2 Å². The van der Waals surface area contributed by atoms with E-state index >= 15 is 0 Å². The van der Waals surface area contributed by atoms with Gasteiger partial charge in [0.25, 0.3) is 0 Å². The summed E-state index contributed by atoms with van der Waals surface area (Å²) in [6.07, 6.45) is 0.730. The third-order valence-electron chi connectivity index (χ3n) is 5.19. The Balaban J connectivity index is 1.75. The minimum absolute atomic E-state index is 0.211. The number of aliphatic hydroxyl groups is 1. The standard InChI is InChI=1S/C22H20ClFN4O2/c1-30-20-3-2-13(5-18(20)23)8-26-21-15(12-29)9-27-22-17(21)4-14(7-25)6-19(22)28-10-16(24)11-28/h2-6,9,16,29H,8,10-12H2,1H3,(H,26,27)/i24-1. The summed E-state index contributed by atoms with van der Waals surface area (Å²) in [4.78, 5) is 6.36. The van der Waals surface area contributed by atoms with Gasteiger partial charge in [0.05, 0.1) is 60.4 Å². The van der Waals surface area contributed by atoms with Gasteiger partial charge in [0, 0.05) is 23.7 Å². The van der Waals surface area contributed by atoms with E-state index in [1.807, 2.05) is 17.0 Å². The molecule has 0 unspecified atom stereocenters. The van der Waals surface area contributed by atoms with Crippen LogP contribution in [0, 0.1) is 11.3 Å². The molecule has 8 heteroatoms. The summed E-state index contributed by atoms with van der Waals surface area (Å²) in [6.45, 7) is 0.788. The van der Waals surface area contributed by atoms with Gasteiger partial charge >= 0.3 is 0 Å². The largest absolute Gasteiger partial charge is 0.495 e. The SMILES string of the molecule is COc1ccc(CNc2c(CO)cnc3c(N4CC([18F])C4)cc(C#N)cc23)cc1Cl. The van der Waals surface area contributed by atoms with Crippen LogP contribution in [0.5, 0.6) is 5.75 Å². The quantitative estimate of drug-likeness (QED) is 0.620. The fourth-order valence-electron chi connectivity index (χ4n) is 3.59. The summed E-state index contributed by atoms with van der Waals surface area (Å²) < 4.78 is 18.6. The molecule has 1 aromatic heterocycles. The lowest BCUT2D eigenvalue weighted by molar-refractivity contribution is 0.275. The van der Waals surface area contributed by atoms with Gasteiger partial charge in [0.15, 0.2) is 0 Å². The minimum Gasteiger partial charge on any atom is -0.495 e. The molecule has 0 atom stereocenters. The van der Waals surface area contributed by atoms with Crippen LogP contribution in [0.25, 0.3) is 10.9 Å². The second-order valence-electron chi connectivity index (χ2n) is 7.14. The van der Waals surface area contributed by atoms with E-state index in [0.29, 0.717) is 45.0 Å². The Morgan fingerprint density at radius 2 is 2.17 bits per heavy atom. The zero-order valence-electron chi connectivity index (χ0n) is 16.3. The molecule has 3 aromatic rings. The molecular formula is C22H20ClFN4O2. The van der Waals surface area contributed by atoms with Gasteiger partial charge in [0.1, 0.15) is 11.9 Å². The molecular weight excluding hydrogens is 406 g/mol. The van der Waals surface area contributed by atoms with Crippen molar-refractivity contribution in [3.63, 3.8) is 0 Å². The molecule has 1 aliphatic heterocycles. The van der Waals surface area contributed by atoms with Crippen molar-refractivity contribution in [1.29, 1.82) is 5.26 Å². The van der Waals surface area contributed by atoms with Crippen LogP contribution in [0.3, 0.4) is 0 Å². The number of halogens is 2. The Labute approximate surface area is 178 Å². The van der Waals surface area contributed by atoms with E-state index in [4.69, 9.17) is 16.3 Å². The number of alkyl halides is 1. The summed E-state index contributed by atoms with van der Waals surface area (Å²) >= 11 is 6.22. The lowest BCUT2D eigenvalue weighted by Gasteiger charge is -2.37. The maximum Gasteiger partial charge on any atom is 0.137 e. The highest BCUT2D eigenvalue weighted by molar-refractivity contribution is 6.32. The van der Waals surface area contributed by atoms with Crippen LogP contribution < -0.4 is 15.0 Å². The second kappa shape index (κ2) is 8.34. The fraction of sp³-hybridized carbons (Fsp3) is 0.273. The van der Waals surface area contributed by atoms with Crippen molar-refractivity contribution in [1.82, 2.24) is 4.98 Å². The minimum atomic E-state index is -0.875. The number of nitriles is 1. The van der Waals surface area contributed by atoms with Gasteiger partial charge in [-0.3, -0.25) is 4.98 Å². The molecule has 2 aromatic carbocycles. The number of aliphatic hydroxyl groups excluding tert-OH is 1. The van der Waals surface area contributed by atoms with E-state index in [0.717, 1.165) is 11.3 Å². The Kier molecular flexibility index (Phi) is 5.62. The number of methoxy groups -OCH3 is 1. The maximum atomic E-state index is 13.4. The Morgan fingerprint density at radius 1 is 1.37 bits per heavy atom. The predicted octanol–water partition coefficient (Wildman–Crippen LogP) is 4.03. The lowest BCUT2D eigenvalue weighted by atomic mass is 10.0. The van der Waals surface area contributed by atoms with Gasteiger partial charge in [-0.2, -0.15) is 5.26 Å². The first-order valence-corrected chi connectivity index (χ1v) is 9.83. The molecule has 6 nitrogen and oxygen atoms in total. The van der Waals surface area contributed by atoms with Gasteiger partial charge in [-0.25, -0.2) is 4.39 Å². The molecule has 1 fully saturated rings. The highest BCUT2D eigenvalue weighted by atomic mass is 35.5. The smallest absolute Gasteiger partial charge is 0.137 e. The Bertz CT molecular complexity index is 1140. The summed E-state index contributed by atoms with van der Waals surface area (Å²) in [7, 11) is 1.56. The number of aromatic nitrogens is 1. The number of nitrogens with zero attached hydrogens (tertiary/aromatic N) is 3. The van der Waals surface area contributed by atoms with Crippen molar-refractivity contribution in [2.75, 3.05) is 30.4 Å². The van der Waals surface area contributed by atoms with Gasteiger partial charge in [-0.1, -0.05) is 17.7 Å². The Hall–Kier alpha value is -3.08. The van der Waals surface area contributed by atoms with Crippen molar-refractivity contribution in [2.24, 2.45) is 0 Å². The predicted molar refractivity (Wildman–Crippen MR) is 115 cm³/mol. The molecule has 0 spiro atoms. The van der Waals surface area contributed by atoms with Crippen LogP contribution in [0.1, 0.15) is 16.7 Å². The number of ether oxygens (including phenoxy) is 1. The van der Waals surface area contributed by atoms with Crippen molar-refractivity contribution in [3.05, 3.63) is 58.2 Å². The van der Waals surface area contributed by atoms with Crippen LogP contribution >= 0.6 is 11.6 Å². The van der Waals surface area contributed by atoms with E-state index in [1.54, 1.807) is 31.5 Å². The number of fused-ring (bicyclic) bond motifs is 1. The molecule has 30 heavy (non-hydrogen) atoms.